The number of hydrogen-bond donors (Lipinski definition) is 2. The molecule has 1 fully saturated rings. The van der Waals surface area contributed by atoms with E-state index >= 15 is 0 Å². The van der Waals surface area contributed by atoms with Gasteiger partial charge in [0.2, 0.25) is 0 Å². The first-order chi connectivity index (χ1) is 6.68. The quantitative estimate of drug-likeness (QED) is 0.609. The minimum Gasteiger partial charge on any atom is -0.388 e. The summed E-state index contributed by atoms with van der Waals surface area (Å²) < 4.78 is 7.50. The van der Waals surface area contributed by atoms with Crippen LogP contribution in [-0.4, -0.2) is 55.1 Å². The average Bonchev–Trinajstić information content (AvgIpc) is 2.76. The topological polar surface area (TPSA) is 86.6 Å². The van der Waals surface area contributed by atoms with E-state index in [1.165, 1.54) is 11.1 Å². The number of aliphatic hydroxyl groups excluding tert-OH is 2. The Balaban J connectivity index is 2.07. The summed E-state index contributed by atoms with van der Waals surface area (Å²) in [6.07, 6.45) is -0.333. The Morgan fingerprint density at radius 2 is 2.14 bits per heavy atom. The number of nitrogens with zero attached hydrogens (tertiary/aromatic N) is 3. The van der Waals surface area contributed by atoms with Gasteiger partial charge in [-0.15, -0.1) is 0 Å². The Bertz CT molecular complexity index is 319. The Morgan fingerprint density at radius 1 is 1.50 bits per heavy atom. The van der Waals surface area contributed by atoms with Crippen molar-refractivity contribution >= 4 is 17.6 Å². The highest BCUT2D eigenvalue weighted by molar-refractivity contribution is 6.99. The van der Waals surface area contributed by atoms with Crippen LogP contribution in [0.25, 0.3) is 0 Å². The van der Waals surface area contributed by atoms with E-state index in [2.05, 4.69) is 8.75 Å². The van der Waals surface area contributed by atoms with Gasteiger partial charge >= 0.3 is 0 Å². The van der Waals surface area contributed by atoms with Gasteiger partial charge in [-0.2, -0.15) is 8.75 Å². The molecule has 1 saturated heterocycles. The highest BCUT2D eigenvalue weighted by atomic mass is 32.1. The molecule has 1 aliphatic rings. The van der Waals surface area contributed by atoms with Crippen molar-refractivity contribution < 1.29 is 15.0 Å². The Kier molecular flexibility index (Phi) is 2.44. The number of carbonyl (C=O) groups is 1. The summed E-state index contributed by atoms with van der Waals surface area (Å²) in [4.78, 5) is 13.0. The lowest BCUT2D eigenvalue weighted by molar-refractivity contribution is 0.0572. The summed E-state index contributed by atoms with van der Waals surface area (Å²) in [5.74, 6) is -0.297. The van der Waals surface area contributed by atoms with Gasteiger partial charge in [-0.25, -0.2) is 0 Å². The predicted octanol–water partition coefficient (Wildman–Crippen LogP) is -1.28. The van der Waals surface area contributed by atoms with E-state index in [1.54, 1.807) is 0 Å². The smallest absolute Gasteiger partial charge is 0.275 e. The van der Waals surface area contributed by atoms with E-state index in [0.717, 1.165) is 11.7 Å². The third-order valence-electron chi connectivity index (χ3n) is 2.13. The third kappa shape index (κ3) is 1.61. The van der Waals surface area contributed by atoms with E-state index in [1.807, 2.05) is 0 Å². The fraction of sp³-hybridized carbons (Fsp3) is 0.571. The van der Waals surface area contributed by atoms with Crippen molar-refractivity contribution in [1.29, 1.82) is 0 Å². The normalized spacial score (nSPS) is 26.9. The number of carbonyl (C=O) groups excluding carboxylic acids is 1. The summed E-state index contributed by atoms with van der Waals surface area (Å²) in [6, 6.07) is 0. The van der Waals surface area contributed by atoms with Gasteiger partial charge in [-0.1, -0.05) is 0 Å². The summed E-state index contributed by atoms with van der Waals surface area (Å²) >= 11 is 0.956. The molecule has 0 saturated carbocycles. The number of aromatic nitrogens is 2. The molecule has 76 valence electrons. The van der Waals surface area contributed by atoms with Gasteiger partial charge in [0, 0.05) is 13.1 Å². The fourth-order valence-corrected chi connectivity index (χ4v) is 1.76. The maximum Gasteiger partial charge on any atom is 0.275 e. The van der Waals surface area contributed by atoms with Crippen molar-refractivity contribution in [2.45, 2.75) is 12.2 Å². The van der Waals surface area contributed by atoms with Crippen LogP contribution in [0.2, 0.25) is 0 Å². The van der Waals surface area contributed by atoms with Gasteiger partial charge in [0.05, 0.1) is 30.1 Å². The number of aliphatic hydroxyl groups is 2. The molecule has 0 aromatic carbocycles. The van der Waals surface area contributed by atoms with Crippen molar-refractivity contribution in [2.24, 2.45) is 0 Å². The minimum absolute atomic E-state index is 0.150. The maximum atomic E-state index is 11.6. The van der Waals surface area contributed by atoms with Crippen LogP contribution in [0.3, 0.4) is 0 Å². The first kappa shape index (κ1) is 9.50. The van der Waals surface area contributed by atoms with Gasteiger partial charge in [0.25, 0.3) is 5.91 Å². The zero-order valence-corrected chi connectivity index (χ0v) is 8.02. The van der Waals surface area contributed by atoms with Crippen molar-refractivity contribution in [1.82, 2.24) is 13.6 Å². The molecule has 2 unspecified atom stereocenters. The predicted molar refractivity (Wildman–Crippen MR) is 47.8 cm³/mol. The zero-order chi connectivity index (χ0) is 10.1. The van der Waals surface area contributed by atoms with Crippen molar-refractivity contribution in [2.75, 3.05) is 13.1 Å². The van der Waals surface area contributed by atoms with Gasteiger partial charge in [-0.05, 0) is 0 Å². The molecular formula is C7H9N3O3S. The molecule has 1 amide bonds. The maximum absolute atomic E-state index is 11.6. The first-order valence-electron chi connectivity index (χ1n) is 4.11. The molecule has 0 aliphatic carbocycles. The summed E-state index contributed by atoms with van der Waals surface area (Å²) in [5, 5.41) is 18.5. The number of hydrogen-bond acceptors (Lipinski definition) is 6. The number of rotatable bonds is 1. The average molecular weight is 215 g/mol. The van der Waals surface area contributed by atoms with E-state index in [-0.39, 0.29) is 24.7 Å². The molecule has 1 aliphatic heterocycles. The van der Waals surface area contributed by atoms with Crippen LogP contribution in [0.4, 0.5) is 0 Å². The van der Waals surface area contributed by atoms with E-state index in [9.17, 15) is 15.0 Å². The summed E-state index contributed by atoms with van der Waals surface area (Å²) in [7, 11) is 0. The van der Waals surface area contributed by atoms with E-state index in [4.69, 9.17) is 0 Å². The Hall–Kier alpha value is -1.05. The minimum atomic E-state index is -0.856. The zero-order valence-electron chi connectivity index (χ0n) is 7.20. The van der Waals surface area contributed by atoms with Gasteiger partial charge in [-0.3, -0.25) is 4.79 Å². The molecule has 2 rings (SSSR count). The van der Waals surface area contributed by atoms with Crippen LogP contribution in [0.15, 0.2) is 6.20 Å². The molecule has 7 heteroatoms. The summed E-state index contributed by atoms with van der Waals surface area (Å²) in [5.41, 5.74) is 0.260. The second kappa shape index (κ2) is 3.60. The van der Waals surface area contributed by atoms with Crippen molar-refractivity contribution in [3.05, 3.63) is 11.9 Å². The van der Waals surface area contributed by atoms with E-state index in [0.29, 0.717) is 0 Å². The monoisotopic (exact) mass is 215 g/mol. The summed E-state index contributed by atoms with van der Waals surface area (Å²) in [6.45, 7) is 0.301. The molecule has 1 aromatic rings. The molecule has 2 heterocycles. The molecule has 0 bridgehead atoms. The molecule has 0 spiro atoms. The van der Waals surface area contributed by atoms with Crippen molar-refractivity contribution in [3.8, 4) is 0 Å². The second-order valence-electron chi connectivity index (χ2n) is 3.14. The highest BCUT2D eigenvalue weighted by Gasteiger charge is 2.33. The lowest BCUT2D eigenvalue weighted by Crippen LogP contribution is -2.29. The lowest BCUT2D eigenvalue weighted by atomic mass is 10.3. The third-order valence-corrected chi connectivity index (χ3v) is 2.60. The van der Waals surface area contributed by atoms with Crippen LogP contribution < -0.4 is 0 Å². The van der Waals surface area contributed by atoms with Gasteiger partial charge in [0.1, 0.15) is 0 Å². The van der Waals surface area contributed by atoms with Crippen LogP contribution >= 0.6 is 11.7 Å². The molecule has 2 N–H and O–H groups in total. The molecule has 6 nitrogen and oxygen atoms in total. The van der Waals surface area contributed by atoms with Crippen LogP contribution in [0.1, 0.15) is 10.5 Å². The SMILES string of the molecule is O=C(c1cnsn1)N1CC(O)C(O)C1. The largest absolute Gasteiger partial charge is 0.388 e. The number of β-amino-alcohol motifs (C(OH)–C–C–N with tert-alkyl or cyclic N) is 2. The van der Waals surface area contributed by atoms with Crippen LogP contribution in [0, 0.1) is 0 Å². The van der Waals surface area contributed by atoms with Gasteiger partial charge in [0.15, 0.2) is 5.69 Å². The molecule has 1 aromatic heterocycles. The van der Waals surface area contributed by atoms with Crippen LogP contribution in [-0.2, 0) is 0 Å². The highest BCUT2D eigenvalue weighted by Crippen LogP contribution is 2.13. The molecular weight excluding hydrogens is 206 g/mol. The first-order valence-corrected chi connectivity index (χ1v) is 4.84. The van der Waals surface area contributed by atoms with Gasteiger partial charge < -0.3 is 15.1 Å². The Morgan fingerprint density at radius 3 is 2.64 bits per heavy atom. The van der Waals surface area contributed by atoms with Crippen LogP contribution in [0.5, 0.6) is 0 Å². The second-order valence-corrected chi connectivity index (χ2v) is 3.69. The Labute approximate surface area is 84.1 Å². The number of likely N-dealkylation sites (tertiary alicyclic amines) is 1. The lowest BCUT2D eigenvalue weighted by Gasteiger charge is -2.12. The standard InChI is InChI=1S/C7H9N3O3S/c11-5-2-10(3-6(5)12)7(13)4-1-8-14-9-4/h1,5-6,11-12H,2-3H2. The molecule has 0 radical (unpaired) electrons. The van der Waals surface area contributed by atoms with Crippen molar-refractivity contribution in [3.63, 3.8) is 0 Å². The molecule has 14 heavy (non-hydrogen) atoms. The molecule has 2 atom stereocenters. The fourth-order valence-electron chi connectivity index (χ4n) is 1.36. The number of amides is 1. The van der Waals surface area contributed by atoms with E-state index < -0.39 is 12.2 Å².